The van der Waals surface area contributed by atoms with Gasteiger partial charge in [-0.2, -0.15) is 9.98 Å². The first-order valence-electron chi connectivity index (χ1n) is 5.60. The minimum Gasteiger partial charge on any atom is -0.262 e. The summed E-state index contributed by atoms with van der Waals surface area (Å²) in [7, 11) is -3.81. The minimum atomic E-state index is -3.81. The van der Waals surface area contributed by atoms with E-state index in [-0.39, 0.29) is 4.90 Å². The summed E-state index contributed by atoms with van der Waals surface area (Å²) in [6.07, 6.45) is 2.71. The molecule has 1 aromatic carbocycles. The van der Waals surface area contributed by atoms with Gasteiger partial charge >= 0.3 is 0 Å². The number of hydrogen-bond acceptors (Lipinski definition) is 4. The molecule has 0 bridgehead atoms. The standard InChI is InChI=1S/C13H10BrN3O2S/c14-11-6-12(9-16-8-11)20(18,19)17-13(7-15)10-4-2-1-3-5-10/h1-6,8-9,13,17H. The fraction of sp³-hybridized carbons (Fsp3) is 0.0769. The van der Waals surface area contributed by atoms with E-state index in [0.717, 1.165) is 0 Å². The molecular weight excluding hydrogens is 342 g/mol. The highest BCUT2D eigenvalue weighted by Gasteiger charge is 2.21. The molecule has 0 saturated carbocycles. The van der Waals surface area contributed by atoms with E-state index in [2.05, 4.69) is 25.6 Å². The number of rotatable bonds is 4. The van der Waals surface area contributed by atoms with Crippen molar-refractivity contribution < 1.29 is 8.42 Å². The highest BCUT2D eigenvalue weighted by Crippen LogP contribution is 2.18. The first-order chi connectivity index (χ1) is 9.53. The lowest BCUT2D eigenvalue weighted by Crippen LogP contribution is -2.27. The molecule has 2 rings (SSSR count). The van der Waals surface area contributed by atoms with E-state index in [1.165, 1.54) is 18.5 Å². The molecule has 0 aliphatic carbocycles. The molecule has 20 heavy (non-hydrogen) atoms. The van der Waals surface area contributed by atoms with E-state index < -0.39 is 16.1 Å². The predicted octanol–water partition coefficient (Wildman–Crippen LogP) is 2.39. The van der Waals surface area contributed by atoms with Crippen LogP contribution in [-0.2, 0) is 10.0 Å². The highest BCUT2D eigenvalue weighted by atomic mass is 79.9. The molecule has 1 N–H and O–H groups in total. The van der Waals surface area contributed by atoms with E-state index in [4.69, 9.17) is 5.26 Å². The molecule has 0 aliphatic heterocycles. The van der Waals surface area contributed by atoms with Gasteiger partial charge in [0.2, 0.25) is 10.0 Å². The van der Waals surface area contributed by atoms with E-state index in [0.29, 0.717) is 10.0 Å². The number of aromatic nitrogens is 1. The Balaban J connectivity index is 2.30. The maximum Gasteiger partial charge on any atom is 0.243 e. The van der Waals surface area contributed by atoms with E-state index in [1.54, 1.807) is 30.3 Å². The molecule has 1 aromatic heterocycles. The van der Waals surface area contributed by atoms with Gasteiger partial charge < -0.3 is 0 Å². The summed E-state index contributed by atoms with van der Waals surface area (Å²) in [6.45, 7) is 0. The van der Waals surface area contributed by atoms with Crippen molar-refractivity contribution in [2.24, 2.45) is 0 Å². The lowest BCUT2D eigenvalue weighted by molar-refractivity contribution is 0.575. The topological polar surface area (TPSA) is 82.9 Å². The van der Waals surface area contributed by atoms with E-state index >= 15 is 0 Å². The number of benzene rings is 1. The molecule has 1 unspecified atom stereocenters. The molecule has 1 atom stereocenters. The molecule has 0 aliphatic rings. The van der Waals surface area contributed by atoms with Gasteiger partial charge in [-0.25, -0.2) is 8.42 Å². The van der Waals surface area contributed by atoms with Crippen LogP contribution in [0.1, 0.15) is 11.6 Å². The summed E-state index contributed by atoms with van der Waals surface area (Å²) >= 11 is 3.16. The van der Waals surface area contributed by atoms with Crippen LogP contribution in [0.5, 0.6) is 0 Å². The molecule has 5 nitrogen and oxygen atoms in total. The fourth-order valence-electron chi connectivity index (χ4n) is 1.58. The molecule has 2 aromatic rings. The van der Waals surface area contributed by atoms with Gasteiger partial charge in [0.05, 0.1) is 6.07 Å². The van der Waals surface area contributed by atoms with Gasteiger partial charge in [-0.05, 0) is 27.6 Å². The average molecular weight is 352 g/mol. The molecule has 0 spiro atoms. The van der Waals surface area contributed by atoms with Crippen LogP contribution in [0, 0.1) is 11.3 Å². The summed E-state index contributed by atoms with van der Waals surface area (Å²) in [4.78, 5) is 3.81. The number of nitrogens with zero attached hydrogens (tertiary/aromatic N) is 2. The second-order valence-electron chi connectivity index (χ2n) is 3.93. The van der Waals surface area contributed by atoms with Crippen molar-refractivity contribution in [2.45, 2.75) is 10.9 Å². The predicted molar refractivity (Wildman–Crippen MR) is 77.1 cm³/mol. The van der Waals surface area contributed by atoms with Gasteiger partial charge in [-0.3, -0.25) is 4.98 Å². The zero-order valence-corrected chi connectivity index (χ0v) is 12.6. The Labute approximate surface area is 125 Å². The molecule has 0 radical (unpaired) electrons. The van der Waals surface area contributed by atoms with Crippen LogP contribution in [0.25, 0.3) is 0 Å². The van der Waals surface area contributed by atoms with Crippen molar-refractivity contribution in [3.8, 4) is 6.07 Å². The summed E-state index contributed by atoms with van der Waals surface area (Å²) in [6, 6.07) is 11.1. The Bertz CT molecular complexity index is 742. The van der Waals surface area contributed by atoms with Crippen LogP contribution in [0.3, 0.4) is 0 Å². The van der Waals surface area contributed by atoms with Crippen LogP contribution < -0.4 is 4.72 Å². The first-order valence-corrected chi connectivity index (χ1v) is 7.88. The Morgan fingerprint density at radius 2 is 1.95 bits per heavy atom. The second-order valence-corrected chi connectivity index (χ2v) is 6.56. The monoisotopic (exact) mass is 351 g/mol. The Kier molecular flexibility index (Phi) is 4.49. The zero-order valence-electron chi connectivity index (χ0n) is 10.2. The maximum absolute atomic E-state index is 12.2. The summed E-state index contributed by atoms with van der Waals surface area (Å²) in [5.41, 5.74) is 0.585. The molecule has 0 saturated heterocycles. The fourth-order valence-corrected chi connectivity index (χ4v) is 3.21. The number of pyridine rings is 1. The van der Waals surface area contributed by atoms with Gasteiger partial charge in [0.25, 0.3) is 0 Å². The van der Waals surface area contributed by atoms with Crippen LogP contribution in [0.2, 0.25) is 0 Å². The normalized spacial score (nSPS) is 12.6. The van der Waals surface area contributed by atoms with Crippen molar-refractivity contribution in [3.63, 3.8) is 0 Å². The largest absolute Gasteiger partial charge is 0.262 e. The van der Waals surface area contributed by atoms with Crippen molar-refractivity contribution in [2.75, 3.05) is 0 Å². The van der Waals surface area contributed by atoms with Gasteiger partial charge in [-0.1, -0.05) is 30.3 Å². The van der Waals surface area contributed by atoms with Crippen molar-refractivity contribution in [1.29, 1.82) is 5.26 Å². The van der Waals surface area contributed by atoms with E-state index in [9.17, 15) is 8.42 Å². The number of nitrogens with one attached hydrogen (secondary N) is 1. The summed E-state index contributed by atoms with van der Waals surface area (Å²) in [5.74, 6) is 0. The summed E-state index contributed by atoms with van der Waals surface area (Å²) < 4.78 is 27.3. The minimum absolute atomic E-state index is 0.00283. The van der Waals surface area contributed by atoms with Crippen molar-refractivity contribution in [1.82, 2.24) is 9.71 Å². The smallest absolute Gasteiger partial charge is 0.243 e. The first kappa shape index (κ1) is 14.7. The molecule has 0 fully saturated rings. The third kappa shape index (κ3) is 3.42. The van der Waals surface area contributed by atoms with Crippen molar-refractivity contribution >= 4 is 26.0 Å². The van der Waals surface area contributed by atoms with Crippen LogP contribution in [0.4, 0.5) is 0 Å². The highest BCUT2D eigenvalue weighted by molar-refractivity contribution is 9.10. The third-order valence-electron chi connectivity index (χ3n) is 2.53. The van der Waals surface area contributed by atoms with Crippen LogP contribution in [-0.4, -0.2) is 13.4 Å². The van der Waals surface area contributed by atoms with Gasteiger partial charge in [0, 0.05) is 16.9 Å². The van der Waals surface area contributed by atoms with Crippen molar-refractivity contribution in [3.05, 3.63) is 58.8 Å². The summed E-state index contributed by atoms with van der Waals surface area (Å²) in [5, 5.41) is 9.14. The number of halogens is 1. The molecule has 7 heteroatoms. The lowest BCUT2D eigenvalue weighted by atomic mass is 10.1. The number of sulfonamides is 1. The Morgan fingerprint density at radius 3 is 2.55 bits per heavy atom. The SMILES string of the molecule is N#CC(NS(=O)(=O)c1cncc(Br)c1)c1ccccc1. The average Bonchev–Trinajstić information content (AvgIpc) is 2.46. The third-order valence-corrected chi connectivity index (χ3v) is 4.35. The Morgan fingerprint density at radius 1 is 1.25 bits per heavy atom. The van der Waals surface area contributed by atoms with Gasteiger partial charge in [-0.15, -0.1) is 0 Å². The molecule has 102 valence electrons. The zero-order chi connectivity index (χ0) is 14.6. The molecular formula is C13H10BrN3O2S. The Hall–Kier alpha value is -1.75. The number of nitriles is 1. The van der Waals surface area contributed by atoms with E-state index in [1.807, 2.05) is 6.07 Å². The quantitative estimate of drug-likeness (QED) is 0.916. The van der Waals surface area contributed by atoms with Crippen LogP contribution in [0.15, 0.2) is 58.2 Å². The molecule has 1 heterocycles. The lowest BCUT2D eigenvalue weighted by Gasteiger charge is -2.12. The number of hydrogen-bond donors (Lipinski definition) is 1. The molecule has 0 amide bonds. The van der Waals surface area contributed by atoms with Gasteiger partial charge in [0.15, 0.2) is 0 Å². The van der Waals surface area contributed by atoms with Gasteiger partial charge in [0.1, 0.15) is 10.9 Å². The van der Waals surface area contributed by atoms with Crippen LogP contribution >= 0.6 is 15.9 Å². The second kappa shape index (κ2) is 6.13. The maximum atomic E-state index is 12.2.